The van der Waals surface area contributed by atoms with Crippen LogP contribution in [0.2, 0.25) is 0 Å². The minimum Gasteiger partial charge on any atom is -0.457 e. The summed E-state index contributed by atoms with van der Waals surface area (Å²) in [5.41, 5.74) is 2.83. The highest BCUT2D eigenvalue weighted by Gasteiger charge is 2.32. The van der Waals surface area contributed by atoms with Crippen molar-refractivity contribution >= 4 is 12.0 Å². The fourth-order valence-electron chi connectivity index (χ4n) is 3.82. The van der Waals surface area contributed by atoms with Gasteiger partial charge in [-0.15, -0.1) is 0 Å². The maximum atomic E-state index is 12.6. The molecule has 3 aromatic rings. The molecule has 1 atom stereocenters. The lowest BCUT2D eigenvalue weighted by molar-refractivity contribution is -0.131. The highest BCUT2D eigenvalue weighted by atomic mass is 16.5. The molecule has 1 fully saturated rings. The third kappa shape index (κ3) is 12.1. The van der Waals surface area contributed by atoms with Gasteiger partial charge in [-0.05, 0) is 43.5 Å². The first-order valence-corrected chi connectivity index (χ1v) is 15.0. The van der Waals surface area contributed by atoms with Crippen molar-refractivity contribution in [3.8, 4) is 22.8 Å². The van der Waals surface area contributed by atoms with E-state index in [1.54, 1.807) is 11.1 Å². The molecule has 0 radical (unpaired) electrons. The lowest BCUT2D eigenvalue weighted by Crippen LogP contribution is -2.40. The van der Waals surface area contributed by atoms with Gasteiger partial charge in [0.15, 0.2) is 0 Å². The maximum Gasteiger partial charge on any atom is 0.407 e. The minimum absolute atomic E-state index is 0.102. The zero-order valence-corrected chi connectivity index (χ0v) is 26.8. The van der Waals surface area contributed by atoms with Gasteiger partial charge in [-0.1, -0.05) is 92.1 Å². The number of nitrogens with one attached hydrogen (secondary N) is 2. The van der Waals surface area contributed by atoms with E-state index in [-0.39, 0.29) is 18.5 Å². The maximum absolute atomic E-state index is 12.6. The summed E-state index contributed by atoms with van der Waals surface area (Å²) in [6.07, 6.45) is 4.10. The second-order valence-corrected chi connectivity index (χ2v) is 8.37. The predicted molar refractivity (Wildman–Crippen MR) is 169 cm³/mol. The molecule has 2 N–H and O–H groups in total. The number of alkyl carbamates (subject to hydrolysis) is 1. The summed E-state index contributed by atoms with van der Waals surface area (Å²) in [7, 11) is 1.27. The van der Waals surface area contributed by atoms with E-state index in [1.165, 1.54) is 13.5 Å². The zero-order valence-electron chi connectivity index (χ0n) is 26.8. The van der Waals surface area contributed by atoms with Gasteiger partial charge in [0.2, 0.25) is 5.91 Å². The first kappa shape index (κ1) is 37.2. The van der Waals surface area contributed by atoms with E-state index in [9.17, 15) is 9.59 Å². The van der Waals surface area contributed by atoms with E-state index in [2.05, 4.69) is 33.9 Å². The number of hydrogen-bond donors (Lipinski definition) is 2. The number of imidazole rings is 1. The van der Waals surface area contributed by atoms with E-state index in [1.807, 2.05) is 97.0 Å². The molecule has 8 nitrogen and oxygen atoms in total. The van der Waals surface area contributed by atoms with Crippen molar-refractivity contribution < 1.29 is 19.1 Å². The molecular formula is C33H52N4O4. The number of benzene rings is 2. The van der Waals surface area contributed by atoms with Gasteiger partial charge >= 0.3 is 6.09 Å². The van der Waals surface area contributed by atoms with Crippen molar-refractivity contribution in [1.29, 1.82) is 0 Å². The Hall–Kier alpha value is -3.81. The Morgan fingerprint density at radius 2 is 1.66 bits per heavy atom. The number of nitrogens with zero attached hydrogens (tertiary/aromatic N) is 2. The largest absolute Gasteiger partial charge is 0.457 e. The van der Waals surface area contributed by atoms with E-state index < -0.39 is 6.09 Å². The summed E-state index contributed by atoms with van der Waals surface area (Å²) in [4.78, 5) is 33.5. The zero-order chi connectivity index (χ0) is 31.2. The summed E-state index contributed by atoms with van der Waals surface area (Å²) in [6, 6.07) is 15.5. The standard InChI is InChI=1S/C24H26N4O4.C3H8.3C2H6/c1-16-10-11-17(13-21(16)32-18-7-4-3-5-8-18)19-14-25-23(27-19)20-9-6-12-28(20)22(29)15-26-24(30)31-2;1-3-2;3*1-2/h3-5,7-8,10-11,13-14,20H,6,9,12,15H2,1-2H3,(H,25,27)(H,26,30);3H2,1-2H3;3*1-2H3/t20-;;;;/m0..../s1. The van der Waals surface area contributed by atoms with Crippen molar-refractivity contribution in [3.05, 3.63) is 66.1 Å². The van der Waals surface area contributed by atoms with Crippen LogP contribution in [0.15, 0.2) is 54.7 Å². The van der Waals surface area contributed by atoms with Crippen molar-refractivity contribution in [2.24, 2.45) is 0 Å². The van der Waals surface area contributed by atoms with Crippen LogP contribution in [-0.4, -0.2) is 47.1 Å². The van der Waals surface area contributed by atoms with E-state index in [0.29, 0.717) is 6.54 Å². The summed E-state index contributed by atoms with van der Waals surface area (Å²) in [5, 5.41) is 2.45. The number of carbonyl (C=O) groups excluding carboxylic acids is 2. The number of H-pyrrole nitrogens is 1. The lowest BCUT2D eigenvalue weighted by atomic mass is 10.1. The van der Waals surface area contributed by atoms with Crippen LogP contribution in [0.1, 0.15) is 92.1 Å². The molecule has 1 aliphatic heterocycles. The van der Waals surface area contributed by atoms with Crippen LogP contribution in [-0.2, 0) is 9.53 Å². The molecule has 1 saturated heterocycles. The van der Waals surface area contributed by atoms with E-state index in [0.717, 1.165) is 47.0 Å². The van der Waals surface area contributed by atoms with E-state index in [4.69, 9.17) is 4.74 Å². The number of likely N-dealkylation sites (tertiary alicyclic amines) is 1. The van der Waals surface area contributed by atoms with Crippen LogP contribution in [0.5, 0.6) is 11.5 Å². The van der Waals surface area contributed by atoms with Crippen LogP contribution in [0.4, 0.5) is 4.79 Å². The third-order valence-corrected chi connectivity index (χ3v) is 5.52. The SMILES string of the molecule is CC.CC.CC.CCC.COC(=O)NCC(=O)N1CCC[C@H]1c1ncc(-c2ccc(C)c(Oc3ccccc3)c2)[nH]1. The molecule has 1 aliphatic rings. The van der Waals surface area contributed by atoms with Gasteiger partial charge in [0.1, 0.15) is 23.9 Å². The Morgan fingerprint density at radius 3 is 2.27 bits per heavy atom. The van der Waals surface area contributed by atoms with E-state index >= 15 is 0 Å². The van der Waals surface area contributed by atoms with Crippen molar-refractivity contribution in [2.75, 3.05) is 20.2 Å². The van der Waals surface area contributed by atoms with Crippen LogP contribution in [0.3, 0.4) is 0 Å². The summed E-state index contributed by atoms with van der Waals surface area (Å²) in [5.74, 6) is 2.12. The number of methoxy groups -OCH3 is 1. The predicted octanol–water partition coefficient (Wildman–Crippen LogP) is 8.69. The number of rotatable bonds is 6. The Balaban J connectivity index is 0.00000161. The third-order valence-electron chi connectivity index (χ3n) is 5.52. The number of amides is 2. The van der Waals surface area contributed by atoms with Crippen LogP contribution in [0.25, 0.3) is 11.3 Å². The molecule has 2 aromatic carbocycles. The molecule has 0 unspecified atom stereocenters. The molecule has 0 spiro atoms. The van der Waals surface area contributed by atoms with Crippen molar-refractivity contribution in [1.82, 2.24) is 20.2 Å². The monoisotopic (exact) mass is 568 g/mol. The molecule has 2 heterocycles. The fourth-order valence-corrected chi connectivity index (χ4v) is 3.82. The van der Waals surface area contributed by atoms with Crippen LogP contribution < -0.4 is 10.1 Å². The number of aromatic amines is 1. The van der Waals surface area contributed by atoms with Gasteiger partial charge in [-0.25, -0.2) is 9.78 Å². The van der Waals surface area contributed by atoms with Gasteiger partial charge in [-0.2, -0.15) is 0 Å². The number of hydrogen-bond acceptors (Lipinski definition) is 5. The Labute approximate surface area is 247 Å². The number of carbonyl (C=O) groups is 2. The lowest BCUT2D eigenvalue weighted by Gasteiger charge is -2.23. The van der Waals surface area contributed by atoms with Crippen LogP contribution in [0, 0.1) is 6.92 Å². The number of ether oxygens (including phenoxy) is 2. The smallest absolute Gasteiger partial charge is 0.407 e. The second kappa shape index (κ2) is 21.9. The Morgan fingerprint density at radius 1 is 1.02 bits per heavy atom. The normalized spacial score (nSPS) is 12.9. The molecule has 0 saturated carbocycles. The van der Waals surface area contributed by atoms with Gasteiger partial charge in [0.05, 0.1) is 25.0 Å². The first-order valence-electron chi connectivity index (χ1n) is 15.0. The highest BCUT2D eigenvalue weighted by Crippen LogP contribution is 2.33. The van der Waals surface area contributed by atoms with Gasteiger partial charge in [0, 0.05) is 12.1 Å². The summed E-state index contributed by atoms with van der Waals surface area (Å²) in [6.45, 7) is 18.8. The van der Waals surface area contributed by atoms with Gasteiger partial charge in [0.25, 0.3) is 0 Å². The fraction of sp³-hybridized carbons (Fsp3) is 0.485. The Bertz CT molecular complexity index is 1120. The summed E-state index contributed by atoms with van der Waals surface area (Å²) < 4.78 is 10.6. The van der Waals surface area contributed by atoms with Crippen molar-refractivity contribution in [2.45, 2.75) is 87.6 Å². The first-order chi connectivity index (χ1) is 20.0. The average molecular weight is 569 g/mol. The number of aromatic nitrogens is 2. The van der Waals surface area contributed by atoms with Gasteiger partial charge < -0.3 is 24.7 Å². The molecular weight excluding hydrogens is 516 g/mol. The quantitative estimate of drug-likeness (QED) is 0.310. The summed E-state index contributed by atoms with van der Waals surface area (Å²) >= 11 is 0. The molecule has 8 heteroatoms. The van der Waals surface area contributed by atoms with Gasteiger partial charge in [-0.3, -0.25) is 4.79 Å². The molecule has 0 bridgehead atoms. The Kier molecular flexibility index (Phi) is 19.9. The second-order valence-electron chi connectivity index (χ2n) is 8.37. The average Bonchev–Trinajstić information content (AvgIpc) is 3.71. The van der Waals surface area contributed by atoms with Crippen molar-refractivity contribution in [3.63, 3.8) is 0 Å². The molecule has 2 amide bonds. The number of para-hydroxylation sites is 1. The highest BCUT2D eigenvalue weighted by molar-refractivity contribution is 5.82. The molecule has 1 aromatic heterocycles. The molecule has 41 heavy (non-hydrogen) atoms. The van der Waals surface area contributed by atoms with Crippen LogP contribution >= 0.6 is 0 Å². The molecule has 0 aliphatic carbocycles. The molecule has 4 rings (SSSR count). The topological polar surface area (TPSA) is 96.6 Å². The number of aryl methyl sites for hydroxylation is 1. The minimum atomic E-state index is -0.623. The molecule has 228 valence electrons.